The lowest BCUT2D eigenvalue weighted by Crippen LogP contribution is -2.39. The Kier molecular flexibility index (Phi) is 3.17. The molecule has 0 saturated carbocycles. The number of hydrogen-bond acceptors (Lipinski definition) is 3. The fourth-order valence-corrected chi connectivity index (χ4v) is 2.25. The molecule has 2 N–H and O–H groups in total. The summed E-state index contributed by atoms with van der Waals surface area (Å²) in [6.45, 7) is 5.72. The minimum absolute atomic E-state index is 0.0492. The van der Waals surface area contributed by atoms with Crippen LogP contribution in [0.3, 0.4) is 0 Å². The Morgan fingerprint density at radius 3 is 2.53 bits per heavy atom. The van der Waals surface area contributed by atoms with E-state index in [1.165, 1.54) is 0 Å². The van der Waals surface area contributed by atoms with Gasteiger partial charge in [0, 0.05) is 19.6 Å². The Hall–Kier alpha value is -1.78. The summed E-state index contributed by atoms with van der Waals surface area (Å²) in [5.41, 5.74) is 0.780. The highest BCUT2D eigenvalue weighted by atomic mass is 16.4. The predicted molar refractivity (Wildman–Crippen MR) is 62.2 cm³/mol. The van der Waals surface area contributed by atoms with Crippen molar-refractivity contribution in [3.05, 3.63) is 23.4 Å². The number of nitrogens with zero attached hydrogens (tertiary/aromatic N) is 1. The minimum atomic E-state index is -1.08. The standard InChI is InChI=1S/C12H16N2O3/c1-8-4-5-13-10(9(8)12(16)17)11(15)14-6-2-3-7-14/h13H,1-7H2,(H,16,17). The maximum Gasteiger partial charge on any atom is 0.338 e. The van der Waals surface area contributed by atoms with E-state index in [2.05, 4.69) is 11.9 Å². The molecule has 0 aromatic rings. The third-order valence-electron chi connectivity index (χ3n) is 3.15. The molecule has 17 heavy (non-hydrogen) atoms. The molecule has 0 bridgehead atoms. The molecule has 0 aromatic heterocycles. The summed E-state index contributed by atoms with van der Waals surface area (Å²) in [6, 6.07) is 0. The number of hydrogen-bond donors (Lipinski definition) is 2. The van der Waals surface area contributed by atoms with Crippen molar-refractivity contribution in [2.24, 2.45) is 0 Å². The van der Waals surface area contributed by atoms with Crippen molar-refractivity contribution in [1.29, 1.82) is 0 Å². The first kappa shape index (κ1) is 11.7. The Morgan fingerprint density at radius 1 is 1.29 bits per heavy atom. The molecule has 2 heterocycles. The van der Waals surface area contributed by atoms with Crippen molar-refractivity contribution < 1.29 is 14.7 Å². The van der Waals surface area contributed by atoms with Gasteiger partial charge in [0.2, 0.25) is 0 Å². The van der Waals surface area contributed by atoms with E-state index in [0.29, 0.717) is 31.6 Å². The van der Waals surface area contributed by atoms with E-state index < -0.39 is 5.97 Å². The number of likely N-dealkylation sites (tertiary alicyclic amines) is 1. The third-order valence-corrected chi connectivity index (χ3v) is 3.15. The van der Waals surface area contributed by atoms with E-state index in [0.717, 1.165) is 12.8 Å². The Bertz CT molecular complexity index is 406. The molecule has 0 atom stereocenters. The van der Waals surface area contributed by atoms with E-state index in [4.69, 9.17) is 5.11 Å². The van der Waals surface area contributed by atoms with Crippen LogP contribution in [0.1, 0.15) is 19.3 Å². The van der Waals surface area contributed by atoms with Crippen molar-refractivity contribution >= 4 is 11.9 Å². The number of nitrogens with one attached hydrogen (secondary N) is 1. The molecule has 1 amide bonds. The second kappa shape index (κ2) is 4.61. The molecule has 2 aliphatic rings. The normalized spacial score (nSPS) is 20.5. The molecule has 0 radical (unpaired) electrons. The van der Waals surface area contributed by atoms with Gasteiger partial charge in [-0.3, -0.25) is 4.79 Å². The SMILES string of the molecule is C=C1CCNC(C(=O)N2CCCC2)=C1C(=O)O. The molecule has 0 spiro atoms. The fourth-order valence-electron chi connectivity index (χ4n) is 2.25. The largest absolute Gasteiger partial charge is 0.478 e. The molecule has 1 fully saturated rings. The predicted octanol–water partition coefficient (Wildman–Crippen LogP) is 0.497. The highest BCUT2D eigenvalue weighted by Gasteiger charge is 2.30. The molecule has 0 aromatic carbocycles. The van der Waals surface area contributed by atoms with Gasteiger partial charge in [0.1, 0.15) is 5.70 Å². The van der Waals surface area contributed by atoms with Gasteiger partial charge in [0.25, 0.3) is 5.91 Å². The Labute approximate surface area is 99.8 Å². The zero-order chi connectivity index (χ0) is 12.4. The highest BCUT2D eigenvalue weighted by Crippen LogP contribution is 2.22. The first-order valence-corrected chi connectivity index (χ1v) is 5.80. The van der Waals surface area contributed by atoms with Gasteiger partial charge in [-0.25, -0.2) is 4.79 Å². The molecule has 2 aliphatic heterocycles. The summed E-state index contributed by atoms with van der Waals surface area (Å²) in [4.78, 5) is 25.0. The summed E-state index contributed by atoms with van der Waals surface area (Å²) in [7, 11) is 0. The van der Waals surface area contributed by atoms with E-state index in [1.807, 2.05) is 0 Å². The van der Waals surface area contributed by atoms with Crippen LogP contribution in [-0.4, -0.2) is 41.5 Å². The van der Waals surface area contributed by atoms with Crippen LogP contribution in [0.15, 0.2) is 23.4 Å². The van der Waals surface area contributed by atoms with Gasteiger partial charge in [-0.15, -0.1) is 0 Å². The quantitative estimate of drug-likeness (QED) is 0.732. The van der Waals surface area contributed by atoms with Crippen molar-refractivity contribution in [3.8, 4) is 0 Å². The number of rotatable bonds is 2. The number of carboxylic acid groups (broad SMARTS) is 1. The lowest BCUT2D eigenvalue weighted by Gasteiger charge is -2.24. The van der Waals surface area contributed by atoms with Gasteiger partial charge >= 0.3 is 5.97 Å². The van der Waals surface area contributed by atoms with E-state index >= 15 is 0 Å². The van der Waals surface area contributed by atoms with Crippen LogP contribution in [0.4, 0.5) is 0 Å². The van der Waals surface area contributed by atoms with Gasteiger partial charge in [-0.1, -0.05) is 6.58 Å². The molecular weight excluding hydrogens is 220 g/mol. The maximum atomic E-state index is 12.2. The van der Waals surface area contributed by atoms with Crippen LogP contribution in [0.2, 0.25) is 0 Å². The molecule has 0 unspecified atom stereocenters. The second-order valence-corrected chi connectivity index (χ2v) is 4.33. The summed E-state index contributed by atoms with van der Waals surface area (Å²) >= 11 is 0. The van der Waals surface area contributed by atoms with Crippen molar-refractivity contribution in [2.75, 3.05) is 19.6 Å². The third kappa shape index (κ3) is 2.18. The smallest absolute Gasteiger partial charge is 0.338 e. The van der Waals surface area contributed by atoms with Crippen molar-refractivity contribution in [1.82, 2.24) is 10.2 Å². The van der Waals surface area contributed by atoms with Crippen molar-refractivity contribution in [2.45, 2.75) is 19.3 Å². The molecule has 5 heteroatoms. The van der Waals surface area contributed by atoms with E-state index in [9.17, 15) is 9.59 Å². The van der Waals surface area contributed by atoms with Crippen LogP contribution in [0.25, 0.3) is 0 Å². The lowest BCUT2D eigenvalue weighted by atomic mass is 9.98. The topological polar surface area (TPSA) is 69.6 Å². The number of aliphatic carboxylic acids is 1. The number of amides is 1. The minimum Gasteiger partial charge on any atom is -0.478 e. The Balaban J connectivity index is 2.31. The average molecular weight is 236 g/mol. The summed E-state index contributed by atoms with van der Waals surface area (Å²) in [5, 5.41) is 12.0. The second-order valence-electron chi connectivity index (χ2n) is 4.33. The van der Waals surface area contributed by atoms with Crippen LogP contribution < -0.4 is 5.32 Å². The zero-order valence-corrected chi connectivity index (χ0v) is 9.66. The van der Waals surface area contributed by atoms with Crippen LogP contribution in [0, 0.1) is 0 Å². The van der Waals surface area contributed by atoms with Gasteiger partial charge in [-0.2, -0.15) is 0 Å². The molecule has 2 rings (SSSR count). The van der Waals surface area contributed by atoms with Crippen LogP contribution >= 0.6 is 0 Å². The first-order chi connectivity index (χ1) is 8.11. The van der Waals surface area contributed by atoms with E-state index in [-0.39, 0.29) is 17.2 Å². The molecule has 1 saturated heterocycles. The van der Waals surface area contributed by atoms with E-state index in [1.54, 1.807) is 4.90 Å². The van der Waals surface area contributed by atoms with Gasteiger partial charge in [0.05, 0.1) is 5.57 Å². The number of carbonyl (C=O) groups is 2. The monoisotopic (exact) mass is 236 g/mol. The molecule has 5 nitrogen and oxygen atoms in total. The molecule has 0 aliphatic carbocycles. The maximum absolute atomic E-state index is 12.2. The molecule has 92 valence electrons. The Morgan fingerprint density at radius 2 is 1.94 bits per heavy atom. The lowest BCUT2D eigenvalue weighted by molar-refractivity contribution is -0.133. The van der Waals surface area contributed by atoms with Gasteiger partial charge < -0.3 is 15.3 Å². The van der Waals surface area contributed by atoms with Crippen LogP contribution in [-0.2, 0) is 9.59 Å². The van der Waals surface area contributed by atoms with Crippen LogP contribution in [0.5, 0.6) is 0 Å². The fraction of sp³-hybridized carbons (Fsp3) is 0.500. The van der Waals surface area contributed by atoms with Gasteiger partial charge in [-0.05, 0) is 24.8 Å². The zero-order valence-electron chi connectivity index (χ0n) is 9.66. The highest BCUT2D eigenvalue weighted by molar-refractivity contribution is 6.04. The number of carboxylic acids is 1. The summed E-state index contributed by atoms with van der Waals surface area (Å²) < 4.78 is 0. The number of carbonyl (C=O) groups excluding carboxylic acids is 1. The molecular formula is C12H16N2O3. The van der Waals surface area contributed by atoms with Crippen molar-refractivity contribution in [3.63, 3.8) is 0 Å². The average Bonchev–Trinajstić information content (AvgIpc) is 2.80. The first-order valence-electron chi connectivity index (χ1n) is 5.80. The summed E-state index contributed by atoms with van der Waals surface area (Å²) in [6.07, 6.45) is 2.54. The summed E-state index contributed by atoms with van der Waals surface area (Å²) in [5.74, 6) is -1.29. The van der Waals surface area contributed by atoms with Gasteiger partial charge in [0.15, 0.2) is 0 Å².